The average molecular weight is 370 g/mol. The molecule has 0 saturated heterocycles. The molecule has 0 aliphatic rings. The third-order valence-corrected chi connectivity index (χ3v) is 5.07. The van der Waals surface area contributed by atoms with Gasteiger partial charge in [0.1, 0.15) is 6.04 Å². The number of ether oxygens (including phenoxy) is 1. The summed E-state index contributed by atoms with van der Waals surface area (Å²) < 4.78 is 17.0. The van der Waals surface area contributed by atoms with E-state index in [4.69, 9.17) is 10.00 Å². The van der Waals surface area contributed by atoms with Crippen molar-refractivity contribution in [3.05, 3.63) is 65.7 Å². The summed E-state index contributed by atoms with van der Waals surface area (Å²) in [6, 6.07) is 16.0. The lowest BCUT2D eigenvalue weighted by Crippen LogP contribution is -2.42. The van der Waals surface area contributed by atoms with Crippen LogP contribution in [0.5, 0.6) is 0 Å². The quantitative estimate of drug-likeness (QED) is 0.752. The summed E-state index contributed by atoms with van der Waals surface area (Å²) in [5.41, 5.74) is 0.756. The van der Waals surface area contributed by atoms with Gasteiger partial charge in [0.25, 0.3) is 5.91 Å². The van der Waals surface area contributed by atoms with Gasteiger partial charge in [-0.25, -0.2) is 4.79 Å². The van der Waals surface area contributed by atoms with Gasteiger partial charge in [0.15, 0.2) is 0 Å². The molecule has 0 unspecified atom stereocenters. The van der Waals surface area contributed by atoms with Crippen LogP contribution in [0.25, 0.3) is 0 Å². The Morgan fingerprint density at radius 3 is 2.38 bits per heavy atom. The Bertz CT molecular complexity index is 829. The van der Waals surface area contributed by atoms with Gasteiger partial charge in [-0.05, 0) is 42.8 Å². The number of nitrogens with zero attached hydrogens (tertiary/aromatic N) is 1. The molecule has 0 saturated carbocycles. The zero-order valence-corrected chi connectivity index (χ0v) is 15.0. The molecule has 26 heavy (non-hydrogen) atoms. The molecule has 1 amide bonds. The smallest absolute Gasteiger partial charge is 0.328 e. The van der Waals surface area contributed by atoms with Gasteiger partial charge < -0.3 is 10.1 Å². The Balaban J connectivity index is 2.02. The Hall–Kier alpha value is -2.98. The van der Waals surface area contributed by atoms with Crippen LogP contribution in [-0.4, -0.2) is 35.0 Å². The highest BCUT2D eigenvalue weighted by Crippen LogP contribution is 2.09. The van der Waals surface area contributed by atoms with Gasteiger partial charge in [0, 0.05) is 16.2 Å². The summed E-state index contributed by atoms with van der Waals surface area (Å²) in [7, 11) is -0.0478. The minimum absolute atomic E-state index is 0.177. The molecule has 0 fully saturated rings. The number of nitriles is 1. The van der Waals surface area contributed by atoms with Crippen LogP contribution in [0.15, 0.2) is 59.5 Å². The molecule has 2 aromatic carbocycles. The fourth-order valence-corrected chi connectivity index (χ4v) is 3.39. The summed E-state index contributed by atoms with van der Waals surface area (Å²) in [6.07, 6.45) is 0.177. The second kappa shape index (κ2) is 9.49. The maximum Gasteiger partial charge on any atom is 0.328 e. The predicted octanol–water partition coefficient (Wildman–Crippen LogP) is 2.03. The molecule has 0 heterocycles. The normalized spacial score (nSPS) is 12.5. The first-order valence-corrected chi connectivity index (χ1v) is 9.19. The second-order valence-electron chi connectivity index (χ2n) is 5.39. The highest BCUT2D eigenvalue weighted by molar-refractivity contribution is 7.85. The largest absolute Gasteiger partial charge is 0.467 e. The van der Waals surface area contributed by atoms with Crippen LogP contribution in [0.1, 0.15) is 22.3 Å². The number of carbonyl (C=O) groups is 2. The number of benzene rings is 2. The van der Waals surface area contributed by atoms with Crippen LogP contribution in [0, 0.1) is 11.3 Å². The van der Waals surface area contributed by atoms with Crippen LogP contribution in [0.4, 0.5) is 0 Å². The van der Waals surface area contributed by atoms with Crippen LogP contribution < -0.4 is 5.32 Å². The average Bonchev–Trinajstić information content (AvgIpc) is 2.70. The molecule has 1 N–H and O–H groups in total. The van der Waals surface area contributed by atoms with E-state index in [9.17, 15) is 13.8 Å². The predicted molar refractivity (Wildman–Crippen MR) is 96.8 cm³/mol. The molecular formula is C19H18N2O4S. The van der Waals surface area contributed by atoms with Gasteiger partial charge in [-0.1, -0.05) is 18.2 Å². The third-order valence-electron chi connectivity index (χ3n) is 3.67. The standard InChI is InChI=1S/C19H18N2O4S/c1-25-19(23)17(11-12-26(24)16-5-3-2-4-6-16)21-18(22)15-9-7-14(13-20)8-10-15/h2-10,17H,11-12H2,1H3,(H,21,22)/t17-,26+/m1/s1. The summed E-state index contributed by atoms with van der Waals surface area (Å²) in [4.78, 5) is 24.9. The lowest BCUT2D eigenvalue weighted by atomic mass is 10.1. The molecule has 134 valence electrons. The van der Waals surface area contributed by atoms with E-state index in [0.717, 1.165) is 0 Å². The summed E-state index contributed by atoms with van der Waals surface area (Å²) in [5, 5.41) is 11.4. The molecule has 0 aliphatic carbocycles. The number of carbonyl (C=O) groups excluding carboxylic acids is 2. The number of methoxy groups -OCH3 is 1. The molecule has 0 radical (unpaired) electrons. The minimum atomic E-state index is -1.28. The van der Waals surface area contributed by atoms with Crippen LogP contribution >= 0.6 is 0 Å². The Kier molecular flexibility index (Phi) is 7.06. The SMILES string of the molecule is COC(=O)[C@@H](CC[S@](=O)c1ccccc1)NC(=O)c1ccc(C#N)cc1. The molecule has 0 spiro atoms. The first-order chi connectivity index (χ1) is 12.5. The van der Waals surface area contributed by atoms with Gasteiger partial charge in [-0.15, -0.1) is 0 Å². The molecule has 2 rings (SSSR count). The summed E-state index contributed by atoms with van der Waals surface area (Å²) in [6.45, 7) is 0. The first kappa shape index (κ1) is 19.3. The number of rotatable bonds is 7. The van der Waals surface area contributed by atoms with E-state index in [0.29, 0.717) is 16.0 Å². The van der Waals surface area contributed by atoms with Gasteiger partial charge >= 0.3 is 5.97 Å². The zero-order valence-electron chi connectivity index (χ0n) is 14.2. The van der Waals surface area contributed by atoms with Crippen molar-refractivity contribution in [1.82, 2.24) is 5.32 Å². The Morgan fingerprint density at radius 1 is 1.15 bits per heavy atom. The molecule has 0 bridgehead atoms. The van der Waals surface area contributed by atoms with Crippen LogP contribution in [0.3, 0.4) is 0 Å². The number of amides is 1. The van der Waals surface area contributed by atoms with Crippen molar-refractivity contribution in [2.24, 2.45) is 0 Å². The molecule has 7 heteroatoms. The van der Waals surface area contributed by atoms with E-state index in [-0.39, 0.29) is 12.2 Å². The van der Waals surface area contributed by atoms with Crippen molar-refractivity contribution < 1.29 is 18.5 Å². The van der Waals surface area contributed by atoms with Gasteiger partial charge in [-0.2, -0.15) is 5.26 Å². The first-order valence-electron chi connectivity index (χ1n) is 7.87. The van der Waals surface area contributed by atoms with E-state index in [1.165, 1.54) is 31.4 Å². The van der Waals surface area contributed by atoms with E-state index in [1.54, 1.807) is 24.3 Å². The lowest BCUT2D eigenvalue weighted by Gasteiger charge is -2.16. The molecular weight excluding hydrogens is 352 g/mol. The maximum absolute atomic E-state index is 12.3. The van der Waals surface area contributed by atoms with Crippen molar-refractivity contribution in [2.75, 3.05) is 12.9 Å². The maximum atomic E-state index is 12.3. The highest BCUT2D eigenvalue weighted by Gasteiger charge is 2.23. The molecule has 0 aliphatic heterocycles. The third kappa shape index (κ3) is 5.26. The summed E-state index contributed by atoms with van der Waals surface area (Å²) in [5.74, 6) is -0.857. The monoisotopic (exact) mass is 370 g/mol. The van der Waals surface area contributed by atoms with Crippen molar-refractivity contribution in [3.63, 3.8) is 0 Å². The van der Waals surface area contributed by atoms with Crippen molar-refractivity contribution >= 4 is 22.7 Å². The number of esters is 1. The number of nitrogens with one attached hydrogen (secondary N) is 1. The van der Waals surface area contributed by atoms with Crippen LogP contribution in [0.2, 0.25) is 0 Å². The topological polar surface area (TPSA) is 96.3 Å². The van der Waals surface area contributed by atoms with Crippen LogP contribution in [-0.2, 0) is 20.3 Å². The fourth-order valence-electron chi connectivity index (χ4n) is 2.24. The molecule has 0 aromatic heterocycles. The second-order valence-corrected chi connectivity index (χ2v) is 6.96. The van der Waals surface area contributed by atoms with Gasteiger partial charge in [-0.3, -0.25) is 9.00 Å². The molecule has 6 nitrogen and oxygen atoms in total. The van der Waals surface area contributed by atoms with E-state index < -0.39 is 28.7 Å². The summed E-state index contributed by atoms with van der Waals surface area (Å²) >= 11 is 0. The Labute approximate surface area is 154 Å². The van der Waals surface area contributed by atoms with Crippen molar-refractivity contribution in [1.29, 1.82) is 5.26 Å². The highest BCUT2D eigenvalue weighted by atomic mass is 32.2. The van der Waals surface area contributed by atoms with Crippen molar-refractivity contribution in [3.8, 4) is 6.07 Å². The van der Waals surface area contributed by atoms with E-state index in [2.05, 4.69) is 5.32 Å². The lowest BCUT2D eigenvalue weighted by molar-refractivity contribution is -0.142. The number of hydrogen-bond donors (Lipinski definition) is 1. The van der Waals surface area contributed by atoms with E-state index >= 15 is 0 Å². The molecule has 2 aromatic rings. The van der Waals surface area contributed by atoms with E-state index in [1.807, 2.05) is 12.1 Å². The molecule has 2 atom stereocenters. The minimum Gasteiger partial charge on any atom is -0.467 e. The number of hydrogen-bond acceptors (Lipinski definition) is 5. The van der Waals surface area contributed by atoms with Gasteiger partial charge in [0.05, 0.1) is 29.5 Å². The zero-order chi connectivity index (χ0) is 18.9. The van der Waals surface area contributed by atoms with Crippen molar-refractivity contribution in [2.45, 2.75) is 17.4 Å². The van der Waals surface area contributed by atoms with Gasteiger partial charge in [0.2, 0.25) is 0 Å². The fraction of sp³-hybridized carbons (Fsp3) is 0.211. The Morgan fingerprint density at radius 2 is 1.81 bits per heavy atom.